The van der Waals surface area contributed by atoms with Gasteiger partial charge in [0.25, 0.3) is 12.9 Å². The average molecular weight is 391 g/mol. The summed E-state index contributed by atoms with van der Waals surface area (Å²) < 4.78 is 10.7. The van der Waals surface area contributed by atoms with Gasteiger partial charge in [0, 0.05) is 5.41 Å². The lowest BCUT2D eigenvalue weighted by molar-refractivity contribution is -0.159. The second-order valence-corrected chi connectivity index (χ2v) is 9.95. The number of hydrogen-bond donors (Lipinski definition) is 1. The standard InChI is InChI=1S/C23H34O5/c1-15(26)19-5-6-20-18-4-3-16-11-17(28-14-25)7-10-23(16,12-27-13-24)21(18)8-9-22(19,20)2/h6,13-19,21,26H,3-5,7-12H2,1-2H3/t15-,16-,17-,18-,19+,21-,22+,23+/m0/s1. The number of carbonyl (C=O) groups excluding carboxylic acids is 2. The molecule has 8 atom stereocenters. The SMILES string of the molecule is C[C@H](O)[C@H]1CC=C2[C@@H]3CC[C@H]4C[C@@H](OC=O)CC[C@]4(COC=O)[C@H]3CC[C@@]21C. The highest BCUT2D eigenvalue weighted by Gasteiger charge is 2.60. The van der Waals surface area contributed by atoms with Gasteiger partial charge in [0.2, 0.25) is 0 Å². The van der Waals surface area contributed by atoms with E-state index in [0.29, 0.717) is 43.2 Å². The van der Waals surface area contributed by atoms with Crippen LogP contribution in [0, 0.1) is 34.5 Å². The van der Waals surface area contributed by atoms with E-state index in [1.807, 2.05) is 6.92 Å². The molecular weight excluding hydrogens is 356 g/mol. The molecule has 5 heteroatoms. The minimum absolute atomic E-state index is 0.00232. The summed E-state index contributed by atoms with van der Waals surface area (Å²) in [7, 11) is 0. The van der Waals surface area contributed by atoms with Crippen LogP contribution in [0.25, 0.3) is 0 Å². The molecule has 0 amide bonds. The Morgan fingerprint density at radius 1 is 1.21 bits per heavy atom. The molecule has 1 N–H and O–H groups in total. The predicted molar refractivity (Wildman–Crippen MR) is 104 cm³/mol. The van der Waals surface area contributed by atoms with Crippen LogP contribution in [0.1, 0.15) is 65.2 Å². The Balaban J connectivity index is 1.62. The molecule has 28 heavy (non-hydrogen) atoms. The van der Waals surface area contributed by atoms with Gasteiger partial charge in [-0.15, -0.1) is 0 Å². The normalized spacial score (nSPS) is 45.7. The van der Waals surface area contributed by atoms with Gasteiger partial charge < -0.3 is 14.6 Å². The van der Waals surface area contributed by atoms with Gasteiger partial charge in [-0.2, -0.15) is 0 Å². The first-order valence-corrected chi connectivity index (χ1v) is 11.0. The Hall–Kier alpha value is -1.36. The molecule has 4 aliphatic carbocycles. The van der Waals surface area contributed by atoms with Gasteiger partial charge >= 0.3 is 0 Å². The number of aliphatic hydroxyl groups is 1. The van der Waals surface area contributed by atoms with E-state index in [0.717, 1.165) is 51.4 Å². The fraction of sp³-hybridized carbons (Fsp3) is 0.826. The monoisotopic (exact) mass is 390 g/mol. The van der Waals surface area contributed by atoms with Crippen LogP contribution in [0.4, 0.5) is 0 Å². The highest BCUT2D eigenvalue weighted by molar-refractivity contribution is 5.38. The molecule has 0 radical (unpaired) electrons. The Labute approximate surface area is 167 Å². The van der Waals surface area contributed by atoms with Gasteiger partial charge in [-0.1, -0.05) is 18.6 Å². The molecule has 0 bridgehead atoms. The van der Waals surface area contributed by atoms with Crippen LogP contribution >= 0.6 is 0 Å². The van der Waals surface area contributed by atoms with Crippen LogP contribution in [0.3, 0.4) is 0 Å². The first kappa shape index (κ1) is 19.9. The molecule has 0 heterocycles. The lowest BCUT2D eigenvalue weighted by atomic mass is 9.45. The highest BCUT2D eigenvalue weighted by atomic mass is 16.5. The van der Waals surface area contributed by atoms with Crippen molar-refractivity contribution in [2.75, 3.05) is 6.61 Å². The molecule has 0 aliphatic heterocycles. The first-order chi connectivity index (χ1) is 13.5. The molecule has 0 unspecified atom stereocenters. The summed E-state index contributed by atoms with van der Waals surface area (Å²) in [6.45, 7) is 5.95. The van der Waals surface area contributed by atoms with Crippen molar-refractivity contribution in [2.24, 2.45) is 34.5 Å². The average Bonchev–Trinajstić information content (AvgIpc) is 3.04. The number of allylic oxidation sites excluding steroid dienone is 2. The quantitative estimate of drug-likeness (QED) is 0.554. The van der Waals surface area contributed by atoms with E-state index in [4.69, 9.17) is 9.47 Å². The molecule has 156 valence electrons. The lowest BCUT2D eigenvalue weighted by Crippen LogP contribution is -2.55. The summed E-state index contributed by atoms with van der Waals surface area (Å²) in [5.74, 6) is 1.79. The molecular formula is C23H34O5. The zero-order valence-electron chi connectivity index (χ0n) is 17.1. The Morgan fingerprint density at radius 2 is 2.04 bits per heavy atom. The number of hydrogen-bond acceptors (Lipinski definition) is 5. The van der Waals surface area contributed by atoms with Crippen molar-refractivity contribution in [3.63, 3.8) is 0 Å². The van der Waals surface area contributed by atoms with Gasteiger partial charge in [0.05, 0.1) is 12.7 Å². The van der Waals surface area contributed by atoms with Crippen molar-refractivity contribution >= 4 is 12.9 Å². The van der Waals surface area contributed by atoms with E-state index in [1.165, 1.54) is 0 Å². The zero-order valence-corrected chi connectivity index (χ0v) is 17.1. The van der Waals surface area contributed by atoms with E-state index in [9.17, 15) is 14.7 Å². The fourth-order valence-electron chi connectivity index (χ4n) is 7.78. The third kappa shape index (κ3) is 2.92. The Morgan fingerprint density at radius 3 is 2.75 bits per heavy atom. The van der Waals surface area contributed by atoms with Crippen LogP contribution in [0.5, 0.6) is 0 Å². The summed E-state index contributed by atoms with van der Waals surface area (Å²) in [4.78, 5) is 21.9. The summed E-state index contributed by atoms with van der Waals surface area (Å²) in [5.41, 5.74) is 1.66. The van der Waals surface area contributed by atoms with Gasteiger partial charge in [0.15, 0.2) is 0 Å². The third-order valence-corrected chi connectivity index (χ3v) is 9.04. The summed E-state index contributed by atoms with van der Waals surface area (Å²) >= 11 is 0. The van der Waals surface area contributed by atoms with Crippen LogP contribution in [0.2, 0.25) is 0 Å². The van der Waals surface area contributed by atoms with Gasteiger partial charge in [-0.05, 0) is 87.4 Å². The molecule has 0 aromatic carbocycles. The number of aliphatic hydroxyl groups excluding tert-OH is 1. The first-order valence-electron chi connectivity index (χ1n) is 11.0. The van der Waals surface area contributed by atoms with E-state index >= 15 is 0 Å². The lowest BCUT2D eigenvalue weighted by Gasteiger charge is -2.60. The van der Waals surface area contributed by atoms with Gasteiger partial charge in [-0.3, -0.25) is 9.59 Å². The molecule has 3 fully saturated rings. The van der Waals surface area contributed by atoms with Crippen molar-refractivity contribution in [1.29, 1.82) is 0 Å². The maximum absolute atomic E-state index is 11.1. The predicted octanol–water partition coefficient (Wildman–Crippen LogP) is 3.64. The van der Waals surface area contributed by atoms with E-state index in [-0.39, 0.29) is 23.0 Å². The van der Waals surface area contributed by atoms with Crippen LogP contribution in [-0.4, -0.2) is 36.9 Å². The fourth-order valence-corrected chi connectivity index (χ4v) is 7.78. The largest absolute Gasteiger partial charge is 0.467 e. The Kier molecular flexibility index (Phi) is 5.32. The molecule has 0 saturated heterocycles. The molecule has 0 aromatic rings. The zero-order chi connectivity index (χ0) is 19.9. The van der Waals surface area contributed by atoms with E-state index in [1.54, 1.807) is 5.57 Å². The van der Waals surface area contributed by atoms with E-state index < -0.39 is 0 Å². The molecule has 0 spiro atoms. The van der Waals surface area contributed by atoms with Gasteiger partial charge in [-0.25, -0.2) is 0 Å². The van der Waals surface area contributed by atoms with Crippen molar-refractivity contribution in [3.05, 3.63) is 11.6 Å². The minimum Gasteiger partial charge on any atom is -0.467 e. The second kappa shape index (κ2) is 7.47. The van der Waals surface area contributed by atoms with Crippen LogP contribution < -0.4 is 0 Å². The number of rotatable bonds is 6. The van der Waals surface area contributed by atoms with Crippen molar-refractivity contribution < 1.29 is 24.2 Å². The number of fused-ring (bicyclic) bond motifs is 5. The van der Waals surface area contributed by atoms with Crippen LogP contribution in [-0.2, 0) is 19.1 Å². The molecule has 0 aromatic heterocycles. The molecule has 4 rings (SSSR count). The van der Waals surface area contributed by atoms with Crippen molar-refractivity contribution in [1.82, 2.24) is 0 Å². The second-order valence-electron chi connectivity index (χ2n) is 9.95. The molecule has 3 saturated carbocycles. The summed E-state index contributed by atoms with van der Waals surface area (Å²) in [5, 5.41) is 10.4. The van der Waals surface area contributed by atoms with Crippen molar-refractivity contribution in [3.8, 4) is 0 Å². The topological polar surface area (TPSA) is 72.8 Å². The maximum Gasteiger partial charge on any atom is 0.293 e. The Bertz CT molecular complexity index is 643. The van der Waals surface area contributed by atoms with Gasteiger partial charge in [0.1, 0.15) is 6.10 Å². The summed E-state index contributed by atoms with van der Waals surface area (Å²) in [6.07, 6.45) is 10.3. The smallest absolute Gasteiger partial charge is 0.293 e. The highest BCUT2D eigenvalue weighted by Crippen LogP contribution is 2.66. The number of carbonyl (C=O) groups is 2. The molecule has 5 nitrogen and oxygen atoms in total. The number of ether oxygens (including phenoxy) is 2. The maximum atomic E-state index is 11.1. The molecule has 4 aliphatic rings. The van der Waals surface area contributed by atoms with Crippen LogP contribution in [0.15, 0.2) is 11.6 Å². The van der Waals surface area contributed by atoms with E-state index in [2.05, 4.69) is 13.0 Å². The summed E-state index contributed by atoms with van der Waals surface area (Å²) in [6, 6.07) is 0. The van der Waals surface area contributed by atoms with Crippen molar-refractivity contribution in [2.45, 2.75) is 77.4 Å². The minimum atomic E-state index is -0.282. The third-order valence-electron chi connectivity index (χ3n) is 9.04.